The molecule has 0 aromatic rings. The Morgan fingerprint density at radius 3 is 2.94 bits per heavy atom. The third-order valence-corrected chi connectivity index (χ3v) is 4.36. The Bertz CT molecular complexity index is 284. The van der Waals surface area contributed by atoms with Gasteiger partial charge >= 0.3 is 0 Å². The van der Waals surface area contributed by atoms with Crippen LogP contribution in [0.5, 0.6) is 0 Å². The number of rotatable bonds is 4. The number of hydrogen-bond donors (Lipinski definition) is 2. The van der Waals surface area contributed by atoms with E-state index in [-0.39, 0.29) is 0 Å². The van der Waals surface area contributed by atoms with Crippen molar-refractivity contribution < 1.29 is 9.84 Å². The summed E-state index contributed by atoms with van der Waals surface area (Å²) in [6.07, 6.45) is 8.23. The summed E-state index contributed by atoms with van der Waals surface area (Å²) in [4.78, 5) is 0. The Labute approximate surface area is 96.9 Å². The average molecular weight is 223 g/mol. The van der Waals surface area contributed by atoms with Gasteiger partial charge in [0.25, 0.3) is 0 Å². The van der Waals surface area contributed by atoms with E-state index in [1.54, 1.807) is 0 Å². The molecule has 0 aromatic carbocycles. The molecule has 3 rings (SSSR count). The minimum Gasteiger partial charge on any atom is -0.386 e. The average Bonchev–Trinajstić information content (AvgIpc) is 2.94. The fourth-order valence-electron chi connectivity index (χ4n) is 3.36. The second-order valence-corrected chi connectivity index (χ2v) is 5.70. The highest BCUT2D eigenvalue weighted by atomic mass is 16.5. The van der Waals surface area contributed by atoms with Crippen LogP contribution >= 0.6 is 0 Å². The number of fused-ring (bicyclic) bond motifs is 2. The summed E-state index contributed by atoms with van der Waals surface area (Å²) in [5.74, 6) is 2.43. The molecule has 2 fully saturated rings. The fraction of sp³-hybridized carbons (Fsp3) is 0.846. The molecular formula is C13H21NO2. The summed E-state index contributed by atoms with van der Waals surface area (Å²) >= 11 is 0. The first-order chi connectivity index (χ1) is 7.75. The van der Waals surface area contributed by atoms with Gasteiger partial charge in [0.1, 0.15) is 5.60 Å². The molecule has 0 radical (unpaired) electrons. The minimum absolute atomic E-state index is 0.497. The zero-order valence-corrected chi connectivity index (χ0v) is 9.69. The van der Waals surface area contributed by atoms with Gasteiger partial charge in [-0.2, -0.15) is 0 Å². The molecule has 16 heavy (non-hydrogen) atoms. The number of hydrogen-bond acceptors (Lipinski definition) is 3. The fourth-order valence-corrected chi connectivity index (χ4v) is 3.36. The highest BCUT2D eigenvalue weighted by Gasteiger charge is 2.36. The number of allylic oxidation sites excluding steroid dienone is 2. The van der Waals surface area contributed by atoms with E-state index in [1.807, 2.05) is 0 Å². The summed E-state index contributed by atoms with van der Waals surface area (Å²) in [5.41, 5.74) is -0.604. The summed E-state index contributed by atoms with van der Waals surface area (Å²) in [7, 11) is 0. The van der Waals surface area contributed by atoms with E-state index in [9.17, 15) is 5.11 Å². The van der Waals surface area contributed by atoms with Crippen LogP contribution in [-0.2, 0) is 4.74 Å². The van der Waals surface area contributed by atoms with Crippen LogP contribution in [0.4, 0.5) is 0 Å². The number of nitrogens with one attached hydrogen (secondary N) is 1. The highest BCUT2D eigenvalue weighted by Crippen LogP contribution is 2.42. The molecule has 0 aromatic heterocycles. The first-order valence-electron chi connectivity index (χ1n) is 6.44. The standard InChI is InChI=1S/C13H21NO2/c15-13(3-4-16-9-13)8-14-7-12-6-10-1-2-11(12)5-10/h1-2,10-12,14-15H,3-9H2. The molecule has 3 nitrogen and oxygen atoms in total. The normalized spacial score (nSPS) is 45.7. The molecule has 0 amide bonds. The zero-order valence-electron chi connectivity index (χ0n) is 9.69. The van der Waals surface area contributed by atoms with Crippen LogP contribution in [0, 0.1) is 17.8 Å². The van der Waals surface area contributed by atoms with Gasteiger partial charge in [0.2, 0.25) is 0 Å². The maximum Gasteiger partial charge on any atom is 0.102 e. The lowest BCUT2D eigenvalue weighted by Gasteiger charge is -2.24. The molecule has 4 atom stereocenters. The van der Waals surface area contributed by atoms with Crippen molar-refractivity contribution in [2.75, 3.05) is 26.3 Å². The topological polar surface area (TPSA) is 41.5 Å². The summed E-state index contributed by atoms with van der Waals surface area (Å²) in [6, 6.07) is 0. The van der Waals surface area contributed by atoms with Crippen molar-refractivity contribution in [1.82, 2.24) is 5.32 Å². The summed E-state index contributed by atoms with van der Waals surface area (Å²) in [6.45, 7) is 2.93. The van der Waals surface area contributed by atoms with E-state index < -0.39 is 5.60 Å². The van der Waals surface area contributed by atoms with Gasteiger partial charge in [-0.25, -0.2) is 0 Å². The predicted octanol–water partition coefficient (Wildman–Crippen LogP) is 0.940. The van der Waals surface area contributed by atoms with Gasteiger partial charge in [-0.1, -0.05) is 12.2 Å². The van der Waals surface area contributed by atoms with Gasteiger partial charge in [-0.05, 0) is 37.1 Å². The van der Waals surface area contributed by atoms with Gasteiger partial charge < -0.3 is 15.2 Å². The Hall–Kier alpha value is -0.380. The lowest BCUT2D eigenvalue weighted by atomic mass is 9.93. The van der Waals surface area contributed by atoms with Crippen molar-refractivity contribution >= 4 is 0 Å². The monoisotopic (exact) mass is 223 g/mol. The Morgan fingerprint density at radius 1 is 1.38 bits per heavy atom. The van der Waals surface area contributed by atoms with Gasteiger partial charge in [0.15, 0.2) is 0 Å². The molecule has 3 aliphatic rings. The molecule has 2 aliphatic carbocycles. The van der Waals surface area contributed by atoms with Gasteiger partial charge in [0.05, 0.1) is 6.61 Å². The summed E-state index contributed by atoms with van der Waals surface area (Å²) in [5, 5.41) is 13.5. The van der Waals surface area contributed by atoms with E-state index in [2.05, 4.69) is 17.5 Å². The maximum atomic E-state index is 10.1. The zero-order chi connectivity index (χ0) is 11.0. The molecular weight excluding hydrogens is 202 g/mol. The van der Waals surface area contributed by atoms with Gasteiger partial charge in [0, 0.05) is 19.6 Å². The van der Waals surface area contributed by atoms with Crippen molar-refractivity contribution in [2.24, 2.45) is 17.8 Å². The number of aliphatic hydroxyl groups is 1. The van der Waals surface area contributed by atoms with Crippen molar-refractivity contribution in [2.45, 2.75) is 24.9 Å². The molecule has 2 bridgehead atoms. The van der Waals surface area contributed by atoms with E-state index in [4.69, 9.17) is 4.74 Å². The Morgan fingerprint density at radius 2 is 2.31 bits per heavy atom. The van der Waals surface area contributed by atoms with E-state index >= 15 is 0 Å². The molecule has 1 saturated carbocycles. The smallest absolute Gasteiger partial charge is 0.102 e. The largest absolute Gasteiger partial charge is 0.386 e. The van der Waals surface area contributed by atoms with Crippen LogP contribution in [0.15, 0.2) is 12.2 Å². The van der Waals surface area contributed by atoms with Crippen molar-refractivity contribution in [3.8, 4) is 0 Å². The quantitative estimate of drug-likeness (QED) is 0.697. The van der Waals surface area contributed by atoms with Crippen molar-refractivity contribution in [1.29, 1.82) is 0 Å². The molecule has 1 heterocycles. The van der Waals surface area contributed by atoms with Crippen molar-refractivity contribution in [3.05, 3.63) is 12.2 Å². The minimum atomic E-state index is -0.604. The van der Waals surface area contributed by atoms with E-state index in [0.29, 0.717) is 19.8 Å². The first-order valence-corrected chi connectivity index (χ1v) is 6.44. The Kier molecular flexibility index (Phi) is 2.78. The second kappa shape index (κ2) is 4.13. The van der Waals surface area contributed by atoms with Crippen LogP contribution in [0.2, 0.25) is 0 Å². The van der Waals surface area contributed by atoms with Gasteiger partial charge in [-0.3, -0.25) is 0 Å². The molecule has 0 spiro atoms. The van der Waals surface area contributed by atoms with Crippen LogP contribution < -0.4 is 5.32 Å². The molecule has 3 heteroatoms. The first kappa shape index (κ1) is 10.8. The van der Waals surface area contributed by atoms with Crippen LogP contribution in [-0.4, -0.2) is 37.0 Å². The second-order valence-electron chi connectivity index (χ2n) is 5.70. The SMILES string of the molecule is OC1(CNCC2CC3C=CC2C3)CCOC1. The van der Waals surface area contributed by atoms with E-state index in [0.717, 1.165) is 30.7 Å². The van der Waals surface area contributed by atoms with Crippen LogP contribution in [0.3, 0.4) is 0 Å². The number of ether oxygens (including phenoxy) is 1. The predicted molar refractivity (Wildman–Crippen MR) is 62.1 cm³/mol. The maximum absolute atomic E-state index is 10.1. The van der Waals surface area contributed by atoms with Crippen LogP contribution in [0.25, 0.3) is 0 Å². The Balaban J connectivity index is 1.42. The third kappa shape index (κ3) is 2.04. The molecule has 1 aliphatic heterocycles. The third-order valence-electron chi connectivity index (χ3n) is 4.36. The van der Waals surface area contributed by atoms with Gasteiger partial charge in [-0.15, -0.1) is 0 Å². The highest BCUT2D eigenvalue weighted by molar-refractivity contribution is 5.10. The molecule has 2 N–H and O–H groups in total. The lowest BCUT2D eigenvalue weighted by Crippen LogP contribution is -2.42. The van der Waals surface area contributed by atoms with Crippen LogP contribution in [0.1, 0.15) is 19.3 Å². The molecule has 4 unspecified atom stereocenters. The molecule has 90 valence electrons. The lowest BCUT2D eigenvalue weighted by molar-refractivity contribution is 0.0262. The van der Waals surface area contributed by atoms with E-state index in [1.165, 1.54) is 12.8 Å². The summed E-state index contributed by atoms with van der Waals surface area (Å²) < 4.78 is 5.23. The molecule has 1 saturated heterocycles. The van der Waals surface area contributed by atoms with Crippen molar-refractivity contribution in [3.63, 3.8) is 0 Å².